The monoisotopic (exact) mass is 243 g/mol. The number of halogens is 1. The van der Waals surface area contributed by atoms with Gasteiger partial charge in [0.1, 0.15) is 6.17 Å². The standard InChI is InChI=1S/C16H18FN/c17-16(15-7-3-4-10-18-15)14-9-8-12-5-1-2-6-13(12)11-14/h1-2,5-6,8-9,11,15-16,18H,3-4,7,10H2. The number of alkyl halides is 1. The quantitative estimate of drug-likeness (QED) is 0.841. The zero-order chi connectivity index (χ0) is 12.4. The third-order valence-corrected chi connectivity index (χ3v) is 3.79. The zero-order valence-corrected chi connectivity index (χ0v) is 10.4. The van der Waals surface area contributed by atoms with Crippen molar-refractivity contribution in [3.8, 4) is 0 Å². The summed E-state index contributed by atoms with van der Waals surface area (Å²) in [6.07, 6.45) is 2.34. The number of hydrogen-bond acceptors (Lipinski definition) is 1. The Bertz CT molecular complexity index is 531. The van der Waals surface area contributed by atoms with Gasteiger partial charge in [-0.15, -0.1) is 0 Å². The first-order valence-corrected chi connectivity index (χ1v) is 6.71. The maximum Gasteiger partial charge on any atom is 0.140 e. The maximum atomic E-state index is 14.5. The lowest BCUT2D eigenvalue weighted by molar-refractivity contribution is 0.221. The molecule has 3 rings (SSSR count). The fourth-order valence-electron chi connectivity index (χ4n) is 2.74. The van der Waals surface area contributed by atoms with Gasteiger partial charge >= 0.3 is 0 Å². The second kappa shape index (κ2) is 5.07. The molecule has 1 N–H and O–H groups in total. The zero-order valence-electron chi connectivity index (χ0n) is 10.4. The minimum atomic E-state index is -0.894. The fraction of sp³-hybridized carbons (Fsp3) is 0.375. The summed E-state index contributed by atoms with van der Waals surface area (Å²) in [7, 11) is 0. The molecule has 2 unspecified atom stereocenters. The summed E-state index contributed by atoms with van der Waals surface area (Å²) < 4.78 is 14.5. The first kappa shape index (κ1) is 11.7. The van der Waals surface area contributed by atoms with Crippen LogP contribution >= 0.6 is 0 Å². The Morgan fingerprint density at radius 3 is 2.67 bits per heavy atom. The minimum Gasteiger partial charge on any atom is -0.311 e. The third kappa shape index (κ3) is 2.25. The van der Waals surface area contributed by atoms with Crippen molar-refractivity contribution in [3.05, 3.63) is 48.0 Å². The maximum absolute atomic E-state index is 14.5. The molecule has 2 atom stereocenters. The smallest absolute Gasteiger partial charge is 0.140 e. The van der Waals surface area contributed by atoms with Gasteiger partial charge in [-0.3, -0.25) is 0 Å². The second-order valence-corrected chi connectivity index (χ2v) is 5.06. The molecule has 1 nitrogen and oxygen atoms in total. The first-order valence-electron chi connectivity index (χ1n) is 6.71. The molecule has 1 saturated heterocycles. The summed E-state index contributed by atoms with van der Waals surface area (Å²) in [6.45, 7) is 0.943. The van der Waals surface area contributed by atoms with Crippen molar-refractivity contribution in [3.63, 3.8) is 0 Å². The van der Waals surface area contributed by atoms with E-state index in [0.29, 0.717) is 0 Å². The average Bonchev–Trinajstić information content (AvgIpc) is 2.47. The molecule has 0 spiro atoms. The van der Waals surface area contributed by atoms with Gasteiger partial charge in [-0.2, -0.15) is 0 Å². The van der Waals surface area contributed by atoms with Crippen LogP contribution in [0.2, 0.25) is 0 Å². The molecular formula is C16H18FN. The van der Waals surface area contributed by atoms with E-state index in [0.717, 1.165) is 30.3 Å². The minimum absolute atomic E-state index is 0.0140. The Morgan fingerprint density at radius 1 is 1.06 bits per heavy atom. The normalized spacial score (nSPS) is 21.9. The highest BCUT2D eigenvalue weighted by atomic mass is 19.1. The van der Waals surface area contributed by atoms with Gasteiger partial charge in [-0.25, -0.2) is 4.39 Å². The number of hydrogen-bond donors (Lipinski definition) is 1. The number of piperidine rings is 1. The Labute approximate surface area is 107 Å². The van der Waals surface area contributed by atoms with E-state index >= 15 is 0 Å². The molecule has 1 heterocycles. The van der Waals surface area contributed by atoms with Gasteiger partial charge in [-0.1, -0.05) is 42.8 Å². The summed E-state index contributed by atoms with van der Waals surface area (Å²) >= 11 is 0. The summed E-state index contributed by atoms with van der Waals surface area (Å²) in [4.78, 5) is 0. The molecule has 0 bridgehead atoms. The molecule has 0 radical (unpaired) electrons. The molecule has 0 saturated carbocycles. The lowest BCUT2D eigenvalue weighted by atomic mass is 9.94. The molecule has 0 aliphatic carbocycles. The van der Waals surface area contributed by atoms with E-state index < -0.39 is 6.17 Å². The van der Waals surface area contributed by atoms with Crippen LogP contribution in [-0.4, -0.2) is 12.6 Å². The first-order chi connectivity index (χ1) is 8.84. The van der Waals surface area contributed by atoms with E-state index in [9.17, 15) is 4.39 Å². The van der Waals surface area contributed by atoms with Crippen LogP contribution in [0.3, 0.4) is 0 Å². The third-order valence-electron chi connectivity index (χ3n) is 3.79. The number of rotatable bonds is 2. The predicted molar refractivity (Wildman–Crippen MR) is 73.4 cm³/mol. The van der Waals surface area contributed by atoms with Crippen LogP contribution in [0.25, 0.3) is 10.8 Å². The van der Waals surface area contributed by atoms with Crippen molar-refractivity contribution < 1.29 is 4.39 Å². The molecule has 1 aliphatic heterocycles. The summed E-state index contributed by atoms with van der Waals surface area (Å²) in [6, 6.07) is 14.0. The van der Waals surface area contributed by atoms with Crippen LogP contribution in [0.5, 0.6) is 0 Å². The average molecular weight is 243 g/mol. The van der Waals surface area contributed by atoms with Crippen molar-refractivity contribution >= 4 is 10.8 Å². The van der Waals surface area contributed by atoms with Crippen LogP contribution in [-0.2, 0) is 0 Å². The van der Waals surface area contributed by atoms with Crippen LogP contribution in [0.4, 0.5) is 4.39 Å². The van der Waals surface area contributed by atoms with Crippen molar-refractivity contribution in [2.75, 3.05) is 6.54 Å². The highest BCUT2D eigenvalue weighted by Gasteiger charge is 2.24. The Morgan fingerprint density at radius 2 is 1.89 bits per heavy atom. The van der Waals surface area contributed by atoms with E-state index in [2.05, 4.69) is 11.4 Å². The molecule has 1 fully saturated rings. The highest BCUT2D eigenvalue weighted by Crippen LogP contribution is 2.28. The van der Waals surface area contributed by atoms with Gasteiger partial charge < -0.3 is 5.32 Å². The fourth-order valence-corrected chi connectivity index (χ4v) is 2.74. The van der Waals surface area contributed by atoms with Gasteiger partial charge in [0.15, 0.2) is 0 Å². The molecule has 0 aromatic heterocycles. The molecular weight excluding hydrogens is 225 g/mol. The molecule has 1 aliphatic rings. The predicted octanol–water partition coefficient (Wildman–Crippen LogP) is 3.99. The van der Waals surface area contributed by atoms with Crippen LogP contribution in [0.15, 0.2) is 42.5 Å². The van der Waals surface area contributed by atoms with Crippen LogP contribution in [0.1, 0.15) is 31.0 Å². The van der Waals surface area contributed by atoms with E-state index in [-0.39, 0.29) is 6.04 Å². The Balaban J connectivity index is 1.88. The van der Waals surface area contributed by atoms with E-state index in [1.54, 1.807) is 0 Å². The summed E-state index contributed by atoms with van der Waals surface area (Å²) in [5.74, 6) is 0. The molecule has 0 amide bonds. The van der Waals surface area contributed by atoms with Gasteiger partial charge in [0, 0.05) is 6.04 Å². The van der Waals surface area contributed by atoms with Crippen molar-refractivity contribution in [2.45, 2.75) is 31.5 Å². The van der Waals surface area contributed by atoms with E-state index in [1.807, 2.05) is 36.4 Å². The van der Waals surface area contributed by atoms with Crippen molar-refractivity contribution in [1.29, 1.82) is 0 Å². The highest BCUT2D eigenvalue weighted by molar-refractivity contribution is 5.83. The van der Waals surface area contributed by atoms with Gasteiger partial charge in [-0.05, 0) is 41.8 Å². The molecule has 2 aromatic carbocycles. The molecule has 94 valence electrons. The number of nitrogens with one attached hydrogen (secondary N) is 1. The second-order valence-electron chi connectivity index (χ2n) is 5.06. The SMILES string of the molecule is FC(c1ccc2ccccc2c1)C1CCCCN1. The topological polar surface area (TPSA) is 12.0 Å². The molecule has 2 heteroatoms. The molecule has 2 aromatic rings. The van der Waals surface area contributed by atoms with Crippen LogP contribution in [0, 0.1) is 0 Å². The molecule has 18 heavy (non-hydrogen) atoms. The number of benzene rings is 2. The summed E-state index contributed by atoms with van der Waals surface area (Å²) in [5.41, 5.74) is 0.799. The van der Waals surface area contributed by atoms with Gasteiger partial charge in [0.05, 0.1) is 0 Å². The Kier molecular flexibility index (Phi) is 3.28. The van der Waals surface area contributed by atoms with Gasteiger partial charge in [0.2, 0.25) is 0 Å². The van der Waals surface area contributed by atoms with Crippen LogP contribution < -0.4 is 5.32 Å². The Hall–Kier alpha value is -1.41. The lowest BCUT2D eigenvalue weighted by Crippen LogP contribution is -2.37. The number of fused-ring (bicyclic) bond motifs is 1. The lowest BCUT2D eigenvalue weighted by Gasteiger charge is -2.26. The van der Waals surface area contributed by atoms with Crippen molar-refractivity contribution in [2.24, 2.45) is 0 Å². The van der Waals surface area contributed by atoms with E-state index in [4.69, 9.17) is 0 Å². The van der Waals surface area contributed by atoms with E-state index in [1.165, 1.54) is 11.8 Å². The summed E-state index contributed by atoms with van der Waals surface area (Å²) in [5, 5.41) is 5.58. The van der Waals surface area contributed by atoms with Gasteiger partial charge in [0.25, 0.3) is 0 Å². The van der Waals surface area contributed by atoms with Crippen molar-refractivity contribution in [1.82, 2.24) is 5.32 Å². The largest absolute Gasteiger partial charge is 0.311 e.